The minimum atomic E-state index is -1.84. The summed E-state index contributed by atoms with van der Waals surface area (Å²) in [6.45, 7) is 4.41. The highest BCUT2D eigenvalue weighted by Gasteiger charge is 2.26. The zero-order valence-corrected chi connectivity index (χ0v) is 11.0. The fraction of sp³-hybridized carbons (Fsp3) is 0.143. The van der Waals surface area contributed by atoms with E-state index < -0.39 is 8.07 Å². The molecule has 0 amide bonds. The Morgan fingerprint density at radius 3 is 1.53 bits per heavy atom. The molecule has 0 heterocycles. The summed E-state index contributed by atoms with van der Waals surface area (Å²) in [5.74, 6) is 0.589. The van der Waals surface area contributed by atoms with Gasteiger partial charge >= 0.3 is 0 Å². The Hall–Kier alpha value is -1.74. The lowest BCUT2D eigenvalue weighted by atomic mass is 10.3. The van der Waals surface area contributed by atoms with Crippen LogP contribution in [-0.2, 0) is 0 Å². The summed E-state index contributed by atoms with van der Waals surface area (Å²) in [5, 5.41) is 21.4. The molecule has 0 radical (unpaired) electrons. The van der Waals surface area contributed by atoms with Crippen molar-refractivity contribution in [2.75, 3.05) is 0 Å². The molecule has 0 fully saturated rings. The van der Waals surface area contributed by atoms with Gasteiger partial charge in [0.15, 0.2) is 0 Å². The van der Waals surface area contributed by atoms with E-state index in [-0.39, 0.29) is 0 Å². The van der Waals surface area contributed by atoms with Crippen molar-refractivity contribution in [3.63, 3.8) is 0 Å². The molecule has 0 aliphatic rings. The molecule has 0 atom stereocenters. The predicted molar refractivity (Wildman–Crippen MR) is 73.0 cm³/mol. The first-order chi connectivity index (χ1) is 8.00. The van der Waals surface area contributed by atoms with Crippen LogP contribution in [0.1, 0.15) is 0 Å². The SMILES string of the molecule is C[Si](C)(c1cccc(O)c1)c1cccc(O)c1. The average molecular weight is 244 g/mol. The normalized spacial score (nSPS) is 11.4. The van der Waals surface area contributed by atoms with Crippen LogP contribution in [0.5, 0.6) is 11.5 Å². The molecule has 3 heteroatoms. The van der Waals surface area contributed by atoms with Crippen molar-refractivity contribution >= 4 is 18.4 Å². The molecule has 2 nitrogen and oxygen atoms in total. The number of rotatable bonds is 2. The molecule has 0 spiro atoms. The maximum atomic E-state index is 9.55. The van der Waals surface area contributed by atoms with Crippen LogP contribution in [0.15, 0.2) is 48.5 Å². The number of aromatic hydroxyl groups is 2. The van der Waals surface area contributed by atoms with E-state index in [2.05, 4.69) is 13.1 Å². The maximum absolute atomic E-state index is 9.55. The Balaban J connectivity index is 2.49. The Bertz CT molecular complexity index is 488. The van der Waals surface area contributed by atoms with Gasteiger partial charge in [0.2, 0.25) is 0 Å². The summed E-state index contributed by atoms with van der Waals surface area (Å²) in [6, 6.07) is 14.8. The summed E-state index contributed by atoms with van der Waals surface area (Å²) in [6.07, 6.45) is 0. The Morgan fingerprint density at radius 1 is 0.765 bits per heavy atom. The third kappa shape index (κ3) is 2.34. The number of benzene rings is 2. The van der Waals surface area contributed by atoms with Gasteiger partial charge in [-0.2, -0.15) is 0 Å². The molecule has 0 saturated carbocycles. The smallest absolute Gasteiger partial charge is 0.115 e. The van der Waals surface area contributed by atoms with Gasteiger partial charge in [-0.05, 0) is 24.3 Å². The van der Waals surface area contributed by atoms with Crippen molar-refractivity contribution in [1.82, 2.24) is 0 Å². The van der Waals surface area contributed by atoms with E-state index in [1.54, 1.807) is 12.1 Å². The summed E-state index contributed by atoms with van der Waals surface area (Å²) < 4.78 is 0. The zero-order valence-electron chi connectivity index (χ0n) is 10.0. The molecule has 0 aliphatic heterocycles. The lowest BCUT2D eigenvalue weighted by Gasteiger charge is -2.23. The third-order valence-corrected chi connectivity index (χ3v) is 6.64. The first kappa shape index (κ1) is 11.7. The highest BCUT2D eigenvalue weighted by Crippen LogP contribution is 2.12. The topological polar surface area (TPSA) is 40.5 Å². The van der Waals surface area contributed by atoms with E-state index in [9.17, 15) is 10.2 Å². The Morgan fingerprint density at radius 2 is 1.18 bits per heavy atom. The number of phenols is 2. The molecule has 0 unspecified atom stereocenters. The Labute approximate surface area is 102 Å². The van der Waals surface area contributed by atoms with Gasteiger partial charge < -0.3 is 10.2 Å². The highest BCUT2D eigenvalue weighted by molar-refractivity contribution is 7.00. The first-order valence-electron chi connectivity index (χ1n) is 5.59. The van der Waals surface area contributed by atoms with Crippen LogP contribution in [0.2, 0.25) is 13.1 Å². The number of phenolic OH excluding ortho intramolecular Hbond substituents is 2. The van der Waals surface area contributed by atoms with Crippen molar-refractivity contribution in [3.05, 3.63) is 48.5 Å². The van der Waals surface area contributed by atoms with Crippen molar-refractivity contribution in [1.29, 1.82) is 0 Å². The van der Waals surface area contributed by atoms with Crippen molar-refractivity contribution in [2.24, 2.45) is 0 Å². The molecule has 0 saturated heterocycles. The second kappa shape index (κ2) is 4.26. The highest BCUT2D eigenvalue weighted by atomic mass is 28.3. The van der Waals surface area contributed by atoms with Crippen molar-refractivity contribution < 1.29 is 10.2 Å². The molecule has 0 aromatic heterocycles. The quantitative estimate of drug-likeness (QED) is 0.792. The van der Waals surface area contributed by atoms with E-state index in [0.717, 1.165) is 10.4 Å². The monoisotopic (exact) mass is 244 g/mol. The number of hydrogen-bond donors (Lipinski definition) is 2. The molecule has 2 aromatic rings. The summed E-state index contributed by atoms with van der Waals surface area (Å²) in [7, 11) is -1.84. The van der Waals surface area contributed by atoms with Gasteiger partial charge in [-0.3, -0.25) is 0 Å². The fourth-order valence-corrected chi connectivity index (χ4v) is 4.33. The van der Waals surface area contributed by atoms with Crippen LogP contribution in [-0.4, -0.2) is 18.3 Å². The van der Waals surface area contributed by atoms with E-state index in [1.807, 2.05) is 36.4 Å². The van der Waals surface area contributed by atoms with Crippen LogP contribution >= 0.6 is 0 Å². The predicted octanol–water partition coefficient (Wildman–Crippen LogP) is 1.92. The van der Waals surface area contributed by atoms with E-state index >= 15 is 0 Å². The Kier molecular flexibility index (Phi) is 2.94. The van der Waals surface area contributed by atoms with Gasteiger partial charge in [0, 0.05) is 0 Å². The molecule has 2 aromatic carbocycles. The second-order valence-electron chi connectivity index (χ2n) is 4.73. The summed E-state index contributed by atoms with van der Waals surface area (Å²) in [5.41, 5.74) is 0. The van der Waals surface area contributed by atoms with Crippen LogP contribution in [0.25, 0.3) is 0 Å². The minimum Gasteiger partial charge on any atom is -0.508 e. The van der Waals surface area contributed by atoms with Crippen molar-refractivity contribution in [2.45, 2.75) is 13.1 Å². The lowest BCUT2D eigenvalue weighted by molar-refractivity contribution is 0.475. The molecule has 2 rings (SSSR count). The standard InChI is InChI=1S/C14H16O2Si/c1-17(2,13-7-3-5-11(15)9-13)14-8-4-6-12(16)10-14/h3-10,15-16H,1-2H3. The van der Waals surface area contributed by atoms with Gasteiger partial charge in [0.05, 0.1) is 0 Å². The largest absolute Gasteiger partial charge is 0.508 e. The van der Waals surface area contributed by atoms with Gasteiger partial charge in [-0.15, -0.1) is 0 Å². The second-order valence-corrected chi connectivity index (χ2v) is 9.13. The van der Waals surface area contributed by atoms with Gasteiger partial charge in [0.1, 0.15) is 19.6 Å². The minimum absolute atomic E-state index is 0.295. The van der Waals surface area contributed by atoms with Crippen molar-refractivity contribution in [3.8, 4) is 11.5 Å². The van der Waals surface area contributed by atoms with Crippen LogP contribution < -0.4 is 10.4 Å². The maximum Gasteiger partial charge on any atom is 0.115 e. The molecule has 88 valence electrons. The van der Waals surface area contributed by atoms with Gasteiger partial charge in [-0.25, -0.2) is 0 Å². The summed E-state index contributed by atoms with van der Waals surface area (Å²) >= 11 is 0. The van der Waals surface area contributed by atoms with E-state index in [0.29, 0.717) is 11.5 Å². The van der Waals surface area contributed by atoms with E-state index in [1.165, 1.54) is 0 Å². The van der Waals surface area contributed by atoms with E-state index in [4.69, 9.17) is 0 Å². The molecule has 0 aliphatic carbocycles. The molecule has 2 N–H and O–H groups in total. The third-order valence-electron chi connectivity index (χ3n) is 3.14. The molecule has 0 bridgehead atoms. The zero-order chi connectivity index (χ0) is 12.5. The number of hydrogen-bond acceptors (Lipinski definition) is 2. The van der Waals surface area contributed by atoms with Crippen LogP contribution in [0.3, 0.4) is 0 Å². The fourth-order valence-electron chi connectivity index (χ4n) is 1.96. The molecular weight excluding hydrogens is 228 g/mol. The first-order valence-corrected chi connectivity index (χ1v) is 8.59. The molecular formula is C14H16O2Si. The van der Waals surface area contributed by atoms with Gasteiger partial charge in [-0.1, -0.05) is 47.7 Å². The van der Waals surface area contributed by atoms with Crippen LogP contribution in [0.4, 0.5) is 0 Å². The average Bonchev–Trinajstić information content (AvgIpc) is 2.29. The lowest BCUT2D eigenvalue weighted by Crippen LogP contribution is -2.52. The van der Waals surface area contributed by atoms with Crippen LogP contribution in [0, 0.1) is 0 Å². The molecule has 17 heavy (non-hydrogen) atoms. The summed E-state index contributed by atoms with van der Waals surface area (Å²) in [4.78, 5) is 0. The van der Waals surface area contributed by atoms with Gasteiger partial charge in [0.25, 0.3) is 0 Å².